The topological polar surface area (TPSA) is 66.8 Å². The van der Waals surface area contributed by atoms with E-state index in [1.54, 1.807) is 0 Å². The molecule has 0 aliphatic heterocycles. The number of ether oxygens (including phenoxy) is 1. The van der Waals surface area contributed by atoms with Gasteiger partial charge in [0.2, 0.25) is 0 Å². The van der Waals surface area contributed by atoms with Crippen LogP contribution in [0.1, 0.15) is 85.0 Å². The normalized spacial score (nSPS) is 50.3. The smallest absolute Gasteiger partial charge is 0.303 e. The summed E-state index contributed by atoms with van der Waals surface area (Å²) in [7, 11) is 1.86. The average molecular weight is 407 g/mol. The maximum absolute atomic E-state index is 11.5. The summed E-state index contributed by atoms with van der Waals surface area (Å²) in [5, 5.41) is 20.7. The Bertz CT molecular complexity index is 620. The summed E-state index contributed by atoms with van der Waals surface area (Å²) in [6, 6.07) is 0. The van der Waals surface area contributed by atoms with Crippen molar-refractivity contribution < 1.29 is 19.7 Å². The Morgan fingerprint density at radius 1 is 1.10 bits per heavy atom. The number of hydrogen-bond acceptors (Lipinski definition) is 3. The van der Waals surface area contributed by atoms with Gasteiger partial charge in [0.25, 0.3) is 0 Å². The molecule has 0 saturated heterocycles. The molecular weight excluding hydrogens is 364 g/mol. The van der Waals surface area contributed by atoms with E-state index in [9.17, 15) is 9.90 Å². The largest absolute Gasteiger partial charge is 0.481 e. The summed E-state index contributed by atoms with van der Waals surface area (Å²) in [4.78, 5) is 11.1. The van der Waals surface area contributed by atoms with Crippen LogP contribution in [-0.4, -0.2) is 35.5 Å². The number of hydrogen-bond donors (Lipinski definition) is 2. The van der Waals surface area contributed by atoms with Crippen molar-refractivity contribution in [1.29, 1.82) is 0 Å². The van der Waals surface area contributed by atoms with Gasteiger partial charge in [-0.25, -0.2) is 0 Å². The SMILES string of the molecule is COC1CCC2(C)C(CCC3C2CC(O)C2(C)C(C(C)CCC(=O)O)CCC32)C1. The zero-order valence-corrected chi connectivity index (χ0v) is 18.9. The lowest BCUT2D eigenvalue weighted by atomic mass is 9.43. The van der Waals surface area contributed by atoms with Crippen LogP contribution in [0, 0.1) is 46.3 Å². The zero-order valence-electron chi connectivity index (χ0n) is 18.9. The molecule has 0 spiro atoms. The van der Waals surface area contributed by atoms with Crippen LogP contribution in [0.2, 0.25) is 0 Å². The zero-order chi connectivity index (χ0) is 21.0. The molecule has 4 fully saturated rings. The lowest BCUT2D eigenvalue weighted by Crippen LogP contribution is -2.58. The van der Waals surface area contributed by atoms with Gasteiger partial charge in [-0.15, -0.1) is 0 Å². The summed E-state index contributed by atoms with van der Waals surface area (Å²) in [6.45, 7) is 7.10. The van der Waals surface area contributed by atoms with Crippen LogP contribution >= 0.6 is 0 Å². The molecule has 10 atom stereocenters. The molecule has 0 bridgehead atoms. The van der Waals surface area contributed by atoms with Gasteiger partial charge in [0.15, 0.2) is 0 Å². The van der Waals surface area contributed by atoms with Gasteiger partial charge in [-0.3, -0.25) is 4.79 Å². The Morgan fingerprint density at radius 2 is 1.86 bits per heavy atom. The second-order valence-corrected chi connectivity index (χ2v) is 11.5. The van der Waals surface area contributed by atoms with Crippen molar-refractivity contribution in [2.24, 2.45) is 46.3 Å². The van der Waals surface area contributed by atoms with E-state index in [-0.39, 0.29) is 17.9 Å². The summed E-state index contributed by atoms with van der Waals surface area (Å²) in [5.74, 6) is 2.85. The minimum atomic E-state index is -0.696. The van der Waals surface area contributed by atoms with E-state index in [1.807, 2.05) is 7.11 Å². The molecule has 0 radical (unpaired) electrons. The predicted molar refractivity (Wildman–Crippen MR) is 113 cm³/mol. The van der Waals surface area contributed by atoms with Gasteiger partial charge < -0.3 is 14.9 Å². The van der Waals surface area contributed by atoms with E-state index in [4.69, 9.17) is 9.84 Å². The number of carboxylic acids is 1. The molecule has 0 amide bonds. The molecule has 0 aromatic rings. The second-order valence-electron chi connectivity index (χ2n) is 11.5. The van der Waals surface area contributed by atoms with Crippen molar-refractivity contribution >= 4 is 5.97 Å². The van der Waals surface area contributed by atoms with Gasteiger partial charge in [-0.2, -0.15) is 0 Å². The van der Waals surface area contributed by atoms with Crippen LogP contribution in [0.25, 0.3) is 0 Å². The first-order valence-electron chi connectivity index (χ1n) is 12.1. The van der Waals surface area contributed by atoms with Gasteiger partial charge in [-0.05, 0) is 104 Å². The van der Waals surface area contributed by atoms with Crippen LogP contribution in [0.3, 0.4) is 0 Å². The molecule has 166 valence electrons. The van der Waals surface area contributed by atoms with E-state index in [0.29, 0.717) is 35.2 Å². The quantitative estimate of drug-likeness (QED) is 0.664. The number of rotatable bonds is 5. The third-order valence-electron chi connectivity index (χ3n) is 10.6. The molecule has 4 saturated carbocycles. The highest BCUT2D eigenvalue weighted by molar-refractivity contribution is 5.66. The van der Waals surface area contributed by atoms with E-state index in [1.165, 1.54) is 38.5 Å². The van der Waals surface area contributed by atoms with Crippen molar-refractivity contribution in [1.82, 2.24) is 0 Å². The summed E-state index contributed by atoms with van der Waals surface area (Å²) >= 11 is 0. The molecule has 4 nitrogen and oxygen atoms in total. The van der Waals surface area contributed by atoms with Crippen molar-refractivity contribution in [3.8, 4) is 0 Å². The number of aliphatic carboxylic acids is 1. The molecule has 10 unspecified atom stereocenters. The number of carboxylic acid groups (broad SMARTS) is 1. The lowest BCUT2D eigenvalue weighted by Gasteiger charge is -2.62. The Hall–Kier alpha value is -0.610. The van der Waals surface area contributed by atoms with Crippen LogP contribution in [0.4, 0.5) is 0 Å². The Morgan fingerprint density at radius 3 is 2.55 bits per heavy atom. The molecule has 4 heteroatoms. The highest BCUT2D eigenvalue weighted by atomic mass is 16.5. The number of aliphatic hydroxyl groups is 1. The van der Waals surface area contributed by atoms with Gasteiger partial charge in [0.1, 0.15) is 0 Å². The average Bonchev–Trinajstić information content (AvgIpc) is 3.05. The first-order chi connectivity index (χ1) is 13.7. The lowest BCUT2D eigenvalue weighted by molar-refractivity contribution is -0.176. The Kier molecular flexibility index (Phi) is 5.83. The minimum Gasteiger partial charge on any atom is -0.481 e. The number of methoxy groups -OCH3 is 1. The van der Waals surface area contributed by atoms with Crippen LogP contribution in [0.5, 0.6) is 0 Å². The van der Waals surface area contributed by atoms with Crippen molar-refractivity contribution in [2.75, 3.05) is 7.11 Å². The van der Waals surface area contributed by atoms with Gasteiger partial charge in [0.05, 0.1) is 12.2 Å². The third-order valence-corrected chi connectivity index (χ3v) is 10.6. The fraction of sp³-hybridized carbons (Fsp3) is 0.960. The fourth-order valence-electron chi connectivity index (χ4n) is 8.91. The van der Waals surface area contributed by atoms with E-state index in [2.05, 4.69) is 20.8 Å². The molecular formula is C25H42O4. The van der Waals surface area contributed by atoms with Crippen molar-refractivity contribution in [2.45, 2.75) is 97.2 Å². The first-order valence-corrected chi connectivity index (χ1v) is 12.1. The standard InChI is InChI=1S/C25H42O4/c1-15(5-10-23(27)28)19-8-9-20-18-7-6-16-13-17(29-4)11-12-24(16,2)21(18)14-22(26)25(19,20)3/h15-22,26H,5-14H2,1-4H3,(H,27,28). The second kappa shape index (κ2) is 7.82. The summed E-state index contributed by atoms with van der Waals surface area (Å²) < 4.78 is 5.72. The van der Waals surface area contributed by atoms with Crippen molar-refractivity contribution in [3.63, 3.8) is 0 Å². The van der Waals surface area contributed by atoms with E-state index in [0.717, 1.165) is 31.1 Å². The third kappa shape index (κ3) is 3.37. The van der Waals surface area contributed by atoms with Crippen LogP contribution in [0.15, 0.2) is 0 Å². The highest BCUT2D eigenvalue weighted by Gasteiger charge is 2.63. The predicted octanol–water partition coefficient (Wildman–Crippen LogP) is 5.13. The highest BCUT2D eigenvalue weighted by Crippen LogP contribution is 2.68. The maximum atomic E-state index is 11.5. The molecule has 29 heavy (non-hydrogen) atoms. The summed E-state index contributed by atoms with van der Waals surface area (Å²) in [5.41, 5.74) is 0.319. The monoisotopic (exact) mass is 406 g/mol. The summed E-state index contributed by atoms with van der Waals surface area (Å²) in [6.07, 6.45) is 10.7. The maximum Gasteiger partial charge on any atom is 0.303 e. The van der Waals surface area contributed by atoms with E-state index >= 15 is 0 Å². The fourth-order valence-corrected chi connectivity index (χ4v) is 8.91. The van der Waals surface area contributed by atoms with Crippen molar-refractivity contribution in [3.05, 3.63) is 0 Å². The number of carbonyl (C=O) groups is 1. The Labute approximate surface area is 176 Å². The van der Waals surface area contributed by atoms with Gasteiger partial charge in [0, 0.05) is 13.5 Å². The van der Waals surface area contributed by atoms with Gasteiger partial charge in [-0.1, -0.05) is 20.8 Å². The molecule has 4 aliphatic carbocycles. The molecule has 4 aliphatic rings. The first kappa shape index (κ1) is 21.6. The molecule has 0 heterocycles. The van der Waals surface area contributed by atoms with Crippen LogP contribution in [-0.2, 0) is 9.53 Å². The minimum absolute atomic E-state index is 0.0357. The molecule has 2 N–H and O–H groups in total. The number of fused-ring (bicyclic) bond motifs is 5. The number of aliphatic hydroxyl groups excluding tert-OH is 1. The molecule has 0 aromatic heterocycles. The molecule has 0 aromatic carbocycles. The van der Waals surface area contributed by atoms with Gasteiger partial charge >= 0.3 is 5.97 Å². The Balaban J connectivity index is 1.55. The van der Waals surface area contributed by atoms with Crippen LogP contribution < -0.4 is 0 Å². The molecule has 4 rings (SSSR count). The van der Waals surface area contributed by atoms with E-state index < -0.39 is 5.97 Å².